The molecule has 35 heavy (non-hydrogen) atoms. The number of nitrogens with one attached hydrogen (secondary N) is 1. The van der Waals surface area contributed by atoms with E-state index in [2.05, 4.69) is 52.2 Å². The summed E-state index contributed by atoms with van der Waals surface area (Å²) in [5, 5.41) is 29.2. The Kier molecular flexibility index (Phi) is 5.95. The Balaban J connectivity index is 1.49. The summed E-state index contributed by atoms with van der Waals surface area (Å²) in [6.45, 7) is 9.71. The zero-order valence-electron chi connectivity index (χ0n) is 20.4. The van der Waals surface area contributed by atoms with E-state index in [1.54, 1.807) is 17.5 Å². The van der Waals surface area contributed by atoms with Gasteiger partial charge in [0.05, 0.1) is 34.3 Å². The molecule has 0 amide bonds. The quantitative estimate of drug-likeness (QED) is 0.405. The maximum Gasteiger partial charge on any atom is 0.208 e. The van der Waals surface area contributed by atoms with E-state index < -0.39 is 5.60 Å². The van der Waals surface area contributed by atoms with E-state index in [0.29, 0.717) is 6.42 Å². The number of piperidine rings is 1. The van der Waals surface area contributed by atoms with E-state index in [4.69, 9.17) is 11.4 Å². The average Bonchev–Trinajstić information content (AvgIpc) is 3.47. The molecule has 9 heteroatoms. The Morgan fingerprint density at radius 2 is 2.09 bits per heavy atom. The van der Waals surface area contributed by atoms with Gasteiger partial charge in [-0.2, -0.15) is 5.10 Å². The number of anilines is 2. The molecule has 8 nitrogen and oxygen atoms in total. The first-order valence-electron chi connectivity index (χ1n) is 11.8. The normalized spacial score (nSPS) is 20.4. The zero-order chi connectivity index (χ0) is 24.7. The minimum Gasteiger partial charge on any atom is -0.390 e. The van der Waals surface area contributed by atoms with Crippen molar-refractivity contribution < 1.29 is 5.11 Å². The summed E-state index contributed by atoms with van der Waals surface area (Å²) in [7, 11) is 0. The van der Waals surface area contributed by atoms with Gasteiger partial charge in [-0.15, -0.1) is 16.6 Å². The molecule has 0 bridgehead atoms. The second-order valence-electron chi connectivity index (χ2n) is 9.70. The molecule has 0 aromatic carbocycles. The second kappa shape index (κ2) is 8.95. The SMILES string of the molecule is C#Cc1cnn2c(-c3cc(NC(C)C)c(-c4nnc(N5CC[C@@](C)(O)[C@H](C)C5)s4)cn3)ccc2c1. The molecule has 0 radical (unpaired) electrons. The minimum atomic E-state index is -0.641. The molecule has 1 fully saturated rings. The van der Waals surface area contributed by atoms with Crippen LogP contribution in [0.1, 0.15) is 39.7 Å². The first-order chi connectivity index (χ1) is 16.7. The molecule has 4 aromatic rings. The molecule has 1 aliphatic rings. The first-order valence-corrected chi connectivity index (χ1v) is 12.6. The van der Waals surface area contributed by atoms with Crippen LogP contribution in [0.2, 0.25) is 0 Å². The van der Waals surface area contributed by atoms with Crippen molar-refractivity contribution in [2.24, 2.45) is 5.92 Å². The van der Waals surface area contributed by atoms with Crippen LogP contribution in [0.25, 0.3) is 27.5 Å². The van der Waals surface area contributed by atoms with Gasteiger partial charge >= 0.3 is 0 Å². The van der Waals surface area contributed by atoms with Crippen LogP contribution in [0.5, 0.6) is 0 Å². The fourth-order valence-corrected chi connectivity index (χ4v) is 5.22. The van der Waals surface area contributed by atoms with Crippen LogP contribution in [0.3, 0.4) is 0 Å². The fraction of sp³-hybridized carbons (Fsp3) is 0.385. The van der Waals surface area contributed by atoms with Gasteiger partial charge in [0, 0.05) is 42.5 Å². The summed E-state index contributed by atoms with van der Waals surface area (Å²) in [6, 6.07) is 8.18. The minimum absolute atomic E-state index is 0.157. The summed E-state index contributed by atoms with van der Waals surface area (Å²) in [6.07, 6.45) is 9.76. The lowest BCUT2D eigenvalue weighted by molar-refractivity contribution is -0.00936. The average molecular weight is 488 g/mol. The van der Waals surface area contributed by atoms with Crippen molar-refractivity contribution in [3.63, 3.8) is 0 Å². The van der Waals surface area contributed by atoms with Gasteiger partial charge < -0.3 is 15.3 Å². The molecule has 2 atom stereocenters. The van der Waals surface area contributed by atoms with E-state index in [-0.39, 0.29) is 12.0 Å². The lowest BCUT2D eigenvalue weighted by Gasteiger charge is -2.40. The van der Waals surface area contributed by atoms with Crippen molar-refractivity contribution in [1.29, 1.82) is 0 Å². The molecule has 2 N–H and O–H groups in total. The van der Waals surface area contributed by atoms with Crippen LogP contribution >= 0.6 is 11.3 Å². The van der Waals surface area contributed by atoms with Crippen LogP contribution < -0.4 is 10.2 Å². The highest BCUT2D eigenvalue weighted by Gasteiger charge is 2.35. The monoisotopic (exact) mass is 487 g/mol. The molecule has 0 saturated carbocycles. The Morgan fingerprint density at radius 3 is 2.83 bits per heavy atom. The van der Waals surface area contributed by atoms with Gasteiger partial charge in [-0.25, -0.2) is 4.52 Å². The van der Waals surface area contributed by atoms with Gasteiger partial charge in [0.25, 0.3) is 0 Å². The molecule has 5 rings (SSSR count). The maximum absolute atomic E-state index is 10.5. The van der Waals surface area contributed by atoms with Crippen LogP contribution in [0.15, 0.2) is 36.7 Å². The Hall–Kier alpha value is -3.48. The number of nitrogens with zero attached hydrogens (tertiary/aromatic N) is 6. The van der Waals surface area contributed by atoms with E-state index in [1.165, 1.54) is 0 Å². The summed E-state index contributed by atoms with van der Waals surface area (Å²) >= 11 is 1.55. The predicted octanol–water partition coefficient (Wildman–Crippen LogP) is 4.31. The lowest BCUT2D eigenvalue weighted by atomic mass is 9.84. The van der Waals surface area contributed by atoms with E-state index in [1.807, 2.05) is 41.9 Å². The number of aromatic nitrogens is 5. The van der Waals surface area contributed by atoms with Gasteiger partial charge in [-0.1, -0.05) is 24.2 Å². The molecular formula is C26H29N7OS. The highest BCUT2D eigenvalue weighted by atomic mass is 32.1. The van der Waals surface area contributed by atoms with Crippen molar-refractivity contribution in [3.05, 3.63) is 42.2 Å². The van der Waals surface area contributed by atoms with Crippen molar-refractivity contribution in [1.82, 2.24) is 24.8 Å². The van der Waals surface area contributed by atoms with E-state index >= 15 is 0 Å². The largest absolute Gasteiger partial charge is 0.390 e. The highest BCUT2D eigenvalue weighted by molar-refractivity contribution is 7.18. The standard InChI is InChI=1S/C26H29N7OS/c1-6-18-11-19-7-8-23(33(19)28-13-18)22-12-21(29-16(2)3)20(14-27-22)24-30-31-25(35-24)32-10-9-26(5,34)17(4)15-32/h1,7-8,11-14,16-17,34H,9-10,15H2,2-5H3,(H,27,29)/t17-,26-/m1/s1. The molecule has 4 aromatic heterocycles. The van der Waals surface area contributed by atoms with Gasteiger partial charge in [0.2, 0.25) is 5.13 Å². The first kappa shape index (κ1) is 23.3. The number of pyridine rings is 1. The Labute approximate surface area is 209 Å². The fourth-order valence-electron chi connectivity index (χ4n) is 4.32. The summed E-state index contributed by atoms with van der Waals surface area (Å²) < 4.78 is 1.84. The highest BCUT2D eigenvalue weighted by Crippen LogP contribution is 2.37. The maximum atomic E-state index is 10.5. The molecule has 0 spiro atoms. The number of fused-ring (bicyclic) bond motifs is 1. The van der Waals surface area contributed by atoms with E-state index in [9.17, 15) is 5.11 Å². The van der Waals surface area contributed by atoms with Crippen LogP contribution in [0.4, 0.5) is 10.8 Å². The third kappa shape index (κ3) is 4.47. The zero-order valence-corrected chi connectivity index (χ0v) is 21.2. The number of hydrogen-bond donors (Lipinski definition) is 2. The molecule has 180 valence electrons. The lowest BCUT2D eigenvalue weighted by Crippen LogP contribution is -2.49. The number of hydrogen-bond acceptors (Lipinski definition) is 8. The summed E-state index contributed by atoms with van der Waals surface area (Å²) in [4.78, 5) is 6.97. The third-order valence-electron chi connectivity index (χ3n) is 6.64. The smallest absolute Gasteiger partial charge is 0.208 e. The predicted molar refractivity (Wildman–Crippen MR) is 141 cm³/mol. The van der Waals surface area contributed by atoms with Gasteiger partial charge in [0.1, 0.15) is 0 Å². The molecule has 1 aliphatic heterocycles. The molecule has 1 saturated heterocycles. The molecule has 0 aliphatic carbocycles. The Bertz CT molecular complexity index is 1410. The number of terminal acetylenes is 1. The second-order valence-corrected chi connectivity index (χ2v) is 10.7. The topological polar surface area (TPSA) is 91.5 Å². The number of aliphatic hydroxyl groups is 1. The molecule has 0 unspecified atom stereocenters. The third-order valence-corrected chi connectivity index (χ3v) is 7.65. The van der Waals surface area contributed by atoms with Gasteiger partial charge in [-0.3, -0.25) is 4.98 Å². The van der Waals surface area contributed by atoms with Crippen molar-refractivity contribution in [2.75, 3.05) is 23.3 Å². The molecule has 5 heterocycles. The summed E-state index contributed by atoms with van der Waals surface area (Å²) in [5.74, 6) is 2.78. The van der Waals surface area contributed by atoms with Gasteiger partial charge in [-0.05, 0) is 51.5 Å². The number of rotatable bonds is 5. The van der Waals surface area contributed by atoms with Crippen molar-refractivity contribution >= 4 is 27.7 Å². The Morgan fingerprint density at radius 1 is 1.26 bits per heavy atom. The van der Waals surface area contributed by atoms with Crippen LogP contribution in [-0.2, 0) is 0 Å². The van der Waals surface area contributed by atoms with Crippen molar-refractivity contribution in [2.45, 2.75) is 45.8 Å². The van der Waals surface area contributed by atoms with Crippen LogP contribution in [-0.4, -0.2) is 54.6 Å². The van der Waals surface area contributed by atoms with Gasteiger partial charge in [0.15, 0.2) is 5.01 Å². The van der Waals surface area contributed by atoms with Crippen molar-refractivity contribution in [3.8, 4) is 34.3 Å². The van der Waals surface area contributed by atoms with Crippen LogP contribution in [0, 0.1) is 18.3 Å². The van der Waals surface area contributed by atoms with E-state index in [0.717, 1.165) is 56.9 Å². The molecular weight excluding hydrogens is 458 g/mol. The summed E-state index contributed by atoms with van der Waals surface area (Å²) in [5.41, 5.74) is 4.56.